The lowest BCUT2D eigenvalue weighted by atomic mass is 9.89. The van der Waals surface area contributed by atoms with Crippen molar-refractivity contribution in [3.63, 3.8) is 0 Å². The molecule has 2 aliphatic rings. The molecule has 1 N–H and O–H groups in total. The number of anilines is 1. The Kier molecular flexibility index (Phi) is 6.87. The van der Waals surface area contributed by atoms with E-state index in [1.807, 2.05) is 0 Å². The standard InChI is InChI=1S/C21H28N4O6S2/c1-32(27,28)17-9-5-6-10-18(17)33(29,30)25-13-11-15(12-14-25)19(26)22-21-24-23-20(31-21)16-7-3-2-4-8-16/h5-6,9-10,15-16H,2-4,7-8,11-14H2,1H3,(H,22,24,26). The minimum atomic E-state index is -4.01. The average Bonchev–Trinajstić information content (AvgIpc) is 3.27. The van der Waals surface area contributed by atoms with E-state index in [4.69, 9.17) is 4.42 Å². The Balaban J connectivity index is 1.38. The highest BCUT2D eigenvalue weighted by Gasteiger charge is 2.35. The number of sulfone groups is 1. The first kappa shape index (κ1) is 23.8. The van der Waals surface area contributed by atoms with Crippen molar-refractivity contribution in [3.8, 4) is 0 Å². The van der Waals surface area contributed by atoms with Crippen LogP contribution in [-0.2, 0) is 24.7 Å². The molecule has 0 radical (unpaired) electrons. The molecule has 1 saturated carbocycles. The molecule has 33 heavy (non-hydrogen) atoms. The van der Waals surface area contributed by atoms with Gasteiger partial charge in [0, 0.05) is 31.2 Å². The monoisotopic (exact) mass is 496 g/mol. The number of benzene rings is 1. The Morgan fingerprint density at radius 1 is 0.970 bits per heavy atom. The highest BCUT2D eigenvalue weighted by molar-refractivity contribution is 7.93. The number of carbonyl (C=O) groups excluding carboxylic acids is 1. The van der Waals surface area contributed by atoms with E-state index >= 15 is 0 Å². The van der Waals surface area contributed by atoms with Gasteiger partial charge in [0.2, 0.25) is 21.8 Å². The van der Waals surface area contributed by atoms with Crippen LogP contribution in [-0.4, -0.2) is 56.6 Å². The highest BCUT2D eigenvalue weighted by atomic mass is 32.2. The zero-order valence-corrected chi connectivity index (χ0v) is 20.1. The molecule has 0 atom stereocenters. The predicted octanol–water partition coefficient (Wildman–Crippen LogP) is 2.56. The molecule has 12 heteroatoms. The fourth-order valence-electron chi connectivity index (χ4n) is 4.47. The van der Waals surface area contributed by atoms with E-state index in [-0.39, 0.29) is 40.7 Å². The minimum absolute atomic E-state index is 0.0673. The number of hydrogen-bond donors (Lipinski definition) is 1. The van der Waals surface area contributed by atoms with Crippen molar-refractivity contribution in [1.29, 1.82) is 0 Å². The van der Waals surface area contributed by atoms with Gasteiger partial charge in [-0.15, -0.1) is 5.10 Å². The summed E-state index contributed by atoms with van der Waals surface area (Å²) in [4.78, 5) is 12.2. The van der Waals surface area contributed by atoms with Crippen LogP contribution in [0.5, 0.6) is 0 Å². The fourth-order valence-corrected chi connectivity index (χ4v) is 7.55. The lowest BCUT2D eigenvalue weighted by Gasteiger charge is -2.30. The number of nitrogens with zero attached hydrogens (tertiary/aromatic N) is 3. The lowest BCUT2D eigenvalue weighted by molar-refractivity contribution is -0.121. The van der Waals surface area contributed by atoms with Gasteiger partial charge in [-0.3, -0.25) is 10.1 Å². The van der Waals surface area contributed by atoms with Crippen molar-refractivity contribution < 1.29 is 26.0 Å². The molecule has 1 saturated heterocycles. The summed E-state index contributed by atoms with van der Waals surface area (Å²) in [7, 11) is -7.73. The second-order valence-corrected chi connectivity index (χ2v) is 12.6. The van der Waals surface area contributed by atoms with Crippen LogP contribution in [0, 0.1) is 5.92 Å². The maximum Gasteiger partial charge on any atom is 0.322 e. The zero-order valence-electron chi connectivity index (χ0n) is 18.4. The molecule has 4 rings (SSSR count). The van der Waals surface area contributed by atoms with Crippen LogP contribution in [0.15, 0.2) is 38.5 Å². The molecule has 1 amide bonds. The van der Waals surface area contributed by atoms with Gasteiger partial charge in [-0.05, 0) is 37.8 Å². The van der Waals surface area contributed by atoms with Crippen molar-refractivity contribution in [2.75, 3.05) is 24.7 Å². The molecule has 2 heterocycles. The molecule has 1 aromatic carbocycles. The number of piperidine rings is 1. The Labute approximate surface area is 193 Å². The summed E-state index contributed by atoms with van der Waals surface area (Å²) in [6.45, 7) is 0.214. The number of aromatic nitrogens is 2. The quantitative estimate of drug-likeness (QED) is 0.644. The molecule has 10 nitrogen and oxygen atoms in total. The van der Waals surface area contributed by atoms with Crippen LogP contribution in [0.3, 0.4) is 0 Å². The van der Waals surface area contributed by atoms with Crippen LogP contribution < -0.4 is 5.32 Å². The summed E-state index contributed by atoms with van der Waals surface area (Å²) >= 11 is 0. The van der Waals surface area contributed by atoms with Gasteiger partial charge in [0.15, 0.2) is 9.84 Å². The molecule has 0 spiro atoms. The molecule has 1 aliphatic heterocycles. The highest BCUT2D eigenvalue weighted by Crippen LogP contribution is 2.33. The van der Waals surface area contributed by atoms with Crippen molar-refractivity contribution in [1.82, 2.24) is 14.5 Å². The second-order valence-electron chi connectivity index (χ2n) is 8.67. The summed E-state index contributed by atoms with van der Waals surface area (Å²) in [6.07, 6.45) is 7.06. The van der Waals surface area contributed by atoms with E-state index in [2.05, 4.69) is 15.5 Å². The zero-order chi connectivity index (χ0) is 23.6. The van der Waals surface area contributed by atoms with Crippen molar-refractivity contribution in [3.05, 3.63) is 30.2 Å². The summed E-state index contributed by atoms with van der Waals surface area (Å²) in [6, 6.07) is 5.63. The van der Waals surface area contributed by atoms with Gasteiger partial charge in [-0.1, -0.05) is 36.5 Å². The molecule has 0 bridgehead atoms. The predicted molar refractivity (Wildman–Crippen MR) is 120 cm³/mol. The maximum absolute atomic E-state index is 13.1. The number of rotatable bonds is 6. The summed E-state index contributed by atoms with van der Waals surface area (Å²) in [5.41, 5.74) is 0. The molecule has 180 valence electrons. The van der Waals surface area contributed by atoms with Gasteiger partial charge < -0.3 is 4.42 Å². The maximum atomic E-state index is 13.1. The number of nitrogens with one attached hydrogen (secondary N) is 1. The third kappa shape index (κ3) is 5.28. The molecule has 0 unspecified atom stereocenters. The van der Waals surface area contributed by atoms with E-state index in [0.29, 0.717) is 18.7 Å². The number of amides is 1. The van der Waals surface area contributed by atoms with Crippen LogP contribution in [0.4, 0.5) is 6.01 Å². The third-order valence-electron chi connectivity index (χ3n) is 6.32. The first-order valence-electron chi connectivity index (χ1n) is 11.1. The van der Waals surface area contributed by atoms with E-state index in [1.54, 1.807) is 0 Å². The van der Waals surface area contributed by atoms with E-state index in [1.165, 1.54) is 35.0 Å². The van der Waals surface area contributed by atoms with Gasteiger partial charge in [0.05, 0.1) is 4.90 Å². The molecule has 2 fully saturated rings. The van der Waals surface area contributed by atoms with Crippen LogP contribution in [0.2, 0.25) is 0 Å². The Morgan fingerprint density at radius 3 is 2.24 bits per heavy atom. The topological polar surface area (TPSA) is 140 Å². The first-order chi connectivity index (χ1) is 15.7. The van der Waals surface area contributed by atoms with Crippen molar-refractivity contribution >= 4 is 31.8 Å². The number of hydrogen-bond acceptors (Lipinski definition) is 8. The largest absolute Gasteiger partial charge is 0.408 e. The summed E-state index contributed by atoms with van der Waals surface area (Å²) < 4.78 is 57.2. The summed E-state index contributed by atoms with van der Waals surface area (Å²) in [5.74, 6) is 0.0877. The van der Waals surface area contributed by atoms with Gasteiger partial charge in [-0.2, -0.15) is 4.31 Å². The van der Waals surface area contributed by atoms with Gasteiger partial charge >= 0.3 is 6.01 Å². The van der Waals surface area contributed by atoms with Gasteiger partial charge in [-0.25, -0.2) is 16.8 Å². The Hall–Kier alpha value is -2.31. The van der Waals surface area contributed by atoms with Crippen molar-refractivity contribution in [2.45, 2.75) is 60.7 Å². The number of sulfonamides is 1. The van der Waals surface area contributed by atoms with Crippen LogP contribution in [0.1, 0.15) is 56.8 Å². The molecular weight excluding hydrogens is 468 g/mol. The summed E-state index contributed by atoms with van der Waals surface area (Å²) in [5, 5.41) is 10.7. The lowest BCUT2D eigenvalue weighted by Crippen LogP contribution is -2.41. The van der Waals surface area contributed by atoms with E-state index in [9.17, 15) is 21.6 Å². The SMILES string of the molecule is CS(=O)(=O)c1ccccc1S(=O)(=O)N1CCC(C(=O)Nc2nnc(C3CCCCC3)o2)CC1. The van der Waals surface area contributed by atoms with Crippen molar-refractivity contribution in [2.24, 2.45) is 5.92 Å². The van der Waals surface area contributed by atoms with Crippen LogP contribution in [0.25, 0.3) is 0 Å². The van der Waals surface area contributed by atoms with E-state index in [0.717, 1.165) is 31.9 Å². The Bertz CT molecular complexity index is 1210. The minimum Gasteiger partial charge on any atom is -0.408 e. The van der Waals surface area contributed by atoms with Gasteiger partial charge in [0.25, 0.3) is 0 Å². The van der Waals surface area contributed by atoms with E-state index < -0.39 is 25.8 Å². The van der Waals surface area contributed by atoms with Gasteiger partial charge in [0.1, 0.15) is 4.90 Å². The molecule has 1 aliphatic carbocycles. The second kappa shape index (κ2) is 9.51. The molecular formula is C21H28N4O6S2. The number of carbonyl (C=O) groups is 1. The third-order valence-corrected chi connectivity index (χ3v) is 9.56. The first-order valence-corrected chi connectivity index (χ1v) is 14.4. The Morgan fingerprint density at radius 2 is 1.61 bits per heavy atom. The average molecular weight is 497 g/mol. The van der Waals surface area contributed by atoms with Crippen LogP contribution >= 0.6 is 0 Å². The normalized spacial score (nSPS) is 19.4. The molecule has 2 aromatic rings. The molecule has 1 aromatic heterocycles. The fraction of sp³-hybridized carbons (Fsp3) is 0.571. The smallest absolute Gasteiger partial charge is 0.322 e.